The summed E-state index contributed by atoms with van der Waals surface area (Å²) < 4.78 is 5.05. The molecule has 156 valence electrons. The van der Waals surface area contributed by atoms with E-state index >= 15 is 0 Å². The lowest BCUT2D eigenvalue weighted by atomic mass is 10.1. The average Bonchev–Trinajstić information content (AvgIpc) is 3.20. The number of anilines is 1. The number of thiophene rings is 1. The largest absolute Gasteiger partial charge is 0.490 e. The fourth-order valence-corrected chi connectivity index (χ4v) is 3.38. The summed E-state index contributed by atoms with van der Waals surface area (Å²) in [5.41, 5.74) is 0.832. The monoisotopic (exact) mass is 421 g/mol. The molecule has 29 heavy (non-hydrogen) atoms. The third kappa shape index (κ3) is 6.54. The number of carbonyl (C=O) groups is 2. The summed E-state index contributed by atoms with van der Waals surface area (Å²) >= 11 is 1.57. The number of carbonyl (C=O) groups excluding carboxylic acids is 2. The van der Waals surface area contributed by atoms with Gasteiger partial charge in [0.15, 0.2) is 18.8 Å². The first-order valence-electron chi connectivity index (χ1n) is 9.09. The highest BCUT2D eigenvalue weighted by Gasteiger charge is 2.20. The molecule has 0 aliphatic carbocycles. The Bertz CT molecular complexity index is 870. The second kappa shape index (κ2) is 10.5. The Balaban J connectivity index is 1.94. The molecule has 0 saturated heterocycles. The molecule has 0 aliphatic heterocycles. The number of amides is 2. The number of likely N-dealkylation sites (N-methyl/N-ethyl adjacent to an activating group) is 1. The summed E-state index contributed by atoms with van der Waals surface area (Å²) in [4.78, 5) is 37.0. The van der Waals surface area contributed by atoms with Crippen molar-refractivity contribution in [3.63, 3.8) is 0 Å². The Labute approximate surface area is 172 Å². The van der Waals surface area contributed by atoms with E-state index in [1.54, 1.807) is 18.3 Å². The maximum atomic E-state index is 12.4. The van der Waals surface area contributed by atoms with Crippen LogP contribution in [0.1, 0.15) is 17.4 Å². The highest BCUT2D eigenvalue weighted by atomic mass is 32.1. The molecule has 10 heteroatoms. The molecule has 2 amide bonds. The Morgan fingerprint density at radius 1 is 1.28 bits per heavy atom. The van der Waals surface area contributed by atoms with Crippen molar-refractivity contribution >= 4 is 34.5 Å². The molecule has 0 radical (unpaired) electrons. The summed E-state index contributed by atoms with van der Waals surface area (Å²) in [6, 6.07) is 6.67. The molecule has 1 aromatic heterocycles. The summed E-state index contributed by atoms with van der Waals surface area (Å²) in [5, 5.41) is 18.6. The van der Waals surface area contributed by atoms with Crippen LogP contribution < -0.4 is 20.3 Å². The number of quaternary nitrogens is 1. The number of rotatable bonds is 10. The number of nitrogens with zero attached hydrogens (tertiary/aromatic N) is 1. The predicted molar refractivity (Wildman–Crippen MR) is 110 cm³/mol. The van der Waals surface area contributed by atoms with E-state index in [0.717, 1.165) is 9.78 Å². The standard InChI is InChI=1S/C19H24N4O5S/c1-4-22(11-18(24)20-10-14-6-5-7-29-14)12-19(25)21-15-9-17(28-3)16(23(26)27)8-13(15)2/h5-9H,4,10-12H2,1-3H3,(H,20,24)(H,21,25)/p+1. The molecule has 0 spiro atoms. The number of nitro benzene ring substituents is 1. The van der Waals surface area contributed by atoms with Crippen LogP contribution >= 0.6 is 11.3 Å². The molecular weight excluding hydrogens is 396 g/mol. The van der Waals surface area contributed by atoms with Crippen LogP contribution in [0.4, 0.5) is 11.4 Å². The van der Waals surface area contributed by atoms with Crippen molar-refractivity contribution < 1.29 is 24.1 Å². The minimum atomic E-state index is -0.533. The van der Waals surface area contributed by atoms with Crippen molar-refractivity contribution in [3.05, 3.63) is 50.2 Å². The quantitative estimate of drug-likeness (QED) is 0.393. The van der Waals surface area contributed by atoms with E-state index in [9.17, 15) is 19.7 Å². The molecule has 0 fully saturated rings. The van der Waals surface area contributed by atoms with Crippen molar-refractivity contribution in [2.24, 2.45) is 0 Å². The van der Waals surface area contributed by atoms with E-state index in [1.165, 1.54) is 19.2 Å². The number of methoxy groups -OCH3 is 1. The van der Waals surface area contributed by atoms with Crippen molar-refractivity contribution in [3.8, 4) is 5.75 Å². The van der Waals surface area contributed by atoms with Crippen LogP contribution in [0, 0.1) is 17.0 Å². The lowest BCUT2D eigenvalue weighted by Gasteiger charge is -2.17. The molecule has 1 unspecified atom stereocenters. The maximum absolute atomic E-state index is 12.4. The van der Waals surface area contributed by atoms with Crippen LogP contribution in [0.5, 0.6) is 5.75 Å². The van der Waals surface area contributed by atoms with Crippen LogP contribution in [0.3, 0.4) is 0 Å². The minimum absolute atomic E-state index is 0.0727. The highest BCUT2D eigenvalue weighted by Crippen LogP contribution is 2.32. The third-order valence-electron chi connectivity index (χ3n) is 4.36. The number of nitrogens with one attached hydrogen (secondary N) is 3. The molecule has 0 saturated carbocycles. The predicted octanol–water partition coefficient (Wildman–Crippen LogP) is 1.13. The first kappa shape index (κ1) is 22.3. The zero-order valence-electron chi connectivity index (χ0n) is 16.6. The van der Waals surface area contributed by atoms with Crippen LogP contribution in [-0.2, 0) is 16.1 Å². The Morgan fingerprint density at radius 2 is 2.00 bits per heavy atom. The molecule has 2 aromatic rings. The van der Waals surface area contributed by atoms with Crippen molar-refractivity contribution in [1.82, 2.24) is 5.32 Å². The van der Waals surface area contributed by atoms with Gasteiger partial charge in [0, 0.05) is 22.7 Å². The molecule has 1 aromatic carbocycles. The van der Waals surface area contributed by atoms with E-state index in [1.807, 2.05) is 24.4 Å². The minimum Gasteiger partial charge on any atom is -0.490 e. The number of hydrogen-bond donors (Lipinski definition) is 3. The van der Waals surface area contributed by atoms with Gasteiger partial charge in [-0.3, -0.25) is 19.7 Å². The van der Waals surface area contributed by atoms with Gasteiger partial charge in [-0.05, 0) is 30.9 Å². The summed E-state index contributed by atoms with van der Waals surface area (Å²) in [5.74, 6) is -0.341. The molecule has 9 nitrogen and oxygen atoms in total. The molecule has 0 aliphatic rings. The summed E-state index contributed by atoms with van der Waals surface area (Å²) in [7, 11) is 1.33. The smallest absolute Gasteiger partial charge is 0.311 e. The lowest BCUT2D eigenvalue weighted by Crippen LogP contribution is -3.14. The zero-order chi connectivity index (χ0) is 21.4. The Kier molecular flexibility index (Phi) is 8.10. The zero-order valence-corrected chi connectivity index (χ0v) is 17.4. The van der Waals surface area contributed by atoms with Gasteiger partial charge in [-0.2, -0.15) is 0 Å². The summed E-state index contributed by atoms with van der Waals surface area (Å²) in [6.07, 6.45) is 0. The van der Waals surface area contributed by atoms with E-state index in [4.69, 9.17) is 4.74 Å². The first-order valence-corrected chi connectivity index (χ1v) is 9.97. The number of aryl methyl sites for hydroxylation is 1. The van der Waals surface area contributed by atoms with Crippen LogP contribution in [0.15, 0.2) is 29.6 Å². The van der Waals surface area contributed by atoms with Gasteiger partial charge < -0.3 is 20.3 Å². The van der Waals surface area contributed by atoms with Gasteiger partial charge in [0.2, 0.25) is 0 Å². The van der Waals surface area contributed by atoms with Crippen LogP contribution in [-0.4, -0.2) is 43.5 Å². The molecule has 1 atom stereocenters. The van der Waals surface area contributed by atoms with Gasteiger partial charge in [0.05, 0.1) is 25.1 Å². The van der Waals surface area contributed by atoms with Crippen LogP contribution in [0.25, 0.3) is 0 Å². The molecule has 0 bridgehead atoms. The topological polar surface area (TPSA) is 115 Å². The molecule has 2 rings (SSSR count). The Hall–Kier alpha value is -2.98. The SMILES string of the molecule is CC[NH+](CC(=O)NCc1cccs1)CC(=O)Nc1cc(OC)c([N+](=O)[O-])cc1C. The van der Waals surface area contributed by atoms with Crippen LogP contribution in [0.2, 0.25) is 0 Å². The van der Waals surface area contributed by atoms with E-state index in [0.29, 0.717) is 24.3 Å². The fraction of sp³-hybridized carbons (Fsp3) is 0.368. The van der Waals surface area contributed by atoms with Gasteiger partial charge in [-0.15, -0.1) is 11.3 Å². The van der Waals surface area contributed by atoms with Crippen molar-refractivity contribution in [2.45, 2.75) is 20.4 Å². The van der Waals surface area contributed by atoms with E-state index < -0.39 is 4.92 Å². The van der Waals surface area contributed by atoms with Crippen molar-refractivity contribution in [2.75, 3.05) is 32.1 Å². The molecule has 3 N–H and O–H groups in total. The van der Waals surface area contributed by atoms with Gasteiger partial charge in [0.1, 0.15) is 0 Å². The van der Waals surface area contributed by atoms with Gasteiger partial charge in [0.25, 0.3) is 11.8 Å². The van der Waals surface area contributed by atoms with Crippen molar-refractivity contribution in [1.29, 1.82) is 0 Å². The number of nitro groups is 1. The second-order valence-electron chi connectivity index (χ2n) is 6.46. The van der Waals surface area contributed by atoms with Gasteiger partial charge in [-0.1, -0.05) is 6.07 Å². The average molecular weight is 421 g/mol. The normalized spacial score (nSPS) is 11.6. The fourth-order valence-electron chi connectivity index (χ4n) is 2.74. The Morgan fingerprint density at radius 3 is 2.59 bits per heavy atom. The van der Waals surface area contributed by atoms with Gasteiger partial charge in [-0.25, -0.2) is 0 Å². The van der Waals surface area contributed by atoms with E-state index in [2.05, 4.69) is 10.6 Å². The van der Waals surface area contributed by atoms with Gasteiger partial charge >= 0.3 is 5.69 Å². The van der Waals surface area contributed by atoms with E-state index in [-0.39, 0.29) is 36.3 Å². The lowest BCUT2D eigenvalue weighted by molar-refractivity contribution is -0.881. The molecular formula is C19H25N4O5S+. The number of hydrogen-bond acceptors (Lipinski definition) is 6. The number of benzene rings is 1. The number of ether oxygens (including phenoxy) is 1. The maximum Gasteiger partial charge on any atom is 0.311 e. The summed E-state index contributed by atoms with van der Waals surface area (Å²) in [6.45, 7) is 4.92. The third-order valence-corrected chi connectivity index (χ3v) is 5.23. The second-order valence-corrected chi connectivity index (χ2v) is 7.49. The molecule has 1 heterocycles. The first-order chi connectivity index (χ1) is 13.8. The highest BCUT2D eigenvalue weighted by molar-refractivity contribution is 7.09.